The molecule has 0 bridgehead atoms. The molecule has 0 aliphatic carbocycles. The van der Waals surface area contributed by atoms with Gasteiger partial charge in [0.2, 0.25) is 15.9 Å². The summed E-state index contributed by atoms with van der Waals surface area (Å²) < 4.78 is 28.3. The molecular weight excluding hydrogens is 392 g/mol. The first kappa shape index (κ1) is 22.5. The molecule has 0 aromatic heterocycles. The fourth-order valence-electron chi connectivity index (χ4n) is 2.65. The number of carbonyl (C=O) groups is 1. The molecule has 2 aromatic rings. The van der Waals surface area contributed by atoms with Crippen molar-refractivity contribution >= 4 is 33.4 Å². The third kappa shape index (κ3) is 6.36. The van der Waals surface area contributed by atoms with Crippen LogP contribution in [0.4, 0.5) is 5.69 Å². The highest BCUT2D eigenvalue weighted by Gasteiger charge is 2.20. The third-order valence-electron chi connectivity index (χ3n) is 4.33. The summed E-state index contributed by atoms with van der Waals surface area (Å²) in [6.07, 6.45) is 3.38. The summed E-state index contributed by atoms with van der Waals surface area (Å²) >= 11 is 1.46. The van der Waals surface area contributed by atoms with E-state index in [0.29, 0.717) is 12.1 Å². The summed E-state index contributed by atoms with van der Waals surface area (Å²) in [7, 11) is -3.68. The van der Waals surface area contributed by atoms with Gasteiger partial charge in [-0.05, 0) is 49.8 Å². The second-order valence-corrected chi connectivity index (χ2v) is 9.61. The summed E-state index contributed by atoms with van der Waals surface area (Å²) in [5, 5.41) is 2.82. The Morgan fingerprint density at radius 2 is 1.75 bits per heavy atom. The molecule has 2 N–H and O–H groups in total. The minimum atomic E-state index is -3.68. The highest BCUT2D eigenvalue weighted by molar-refractivity contribution is 7.98. The van der Waals surface area contributed by atoms with Crippen molar-refractivity contribution in [3.8, 4) is 0 Å². The van der Waals surface area contributed by atoms with Crippen LogP contribution in [0, 0.1) is 5.92 Å². The van der Waals surface area contributed by atoms with Crippen molar-refractivity contribution in [2.24, 2.45) is 5.92 Å². The van der Waals surface area contributed by atoms with E-state index in [2.05, 4.69) is 10.0 Å². The fraction of sp³-hybridized carbons (Fsp3) is 0.381. The van der Waals surface area contributed by atoms with E-state index < -0.39 is 10.0 Å². The van der Waals surface area contributed by atoms with Gasteiger partial charge in [0, 0.05) is 16.9 Å². The Labute approximate surface area is 172 Å². The number of anilines is 1. The van der Waals surface area contributed by atoms with Gasteiger partial charge in [-0.2, -0.15) is 0 Å². The standard InChI is InChI=1S/C21H28N2O3S2/c1-15(2)21(24)22-19-14-18(12-13-20(19)27-4)28(25,26)23-16(3)10-11-17-8-6-5-7-9-17/h5-9,12-16,23H,10-11H2,1-4H3,(H,22,24)/t16-/m1/s1. The van der Waals surface area contributed by atoms with Gasteiger partial charge in [0.05, 0.1) is 10.6 Å². The number of rotatable bonds is 9. The van der Waals surface area contributed by atoms with Crippen molar-refractivity contribution in [3.05, 3.63) is 54.1 Å². The number of carbonyl (C=O) groups excluding carboxylic acids is 1. The molecule has 0 radical (unpaired) electrons. The molecule has 5 nitrogen and oxygen atoms in total. The molecule has 0 aliphatic rings. The van der Waals surface area contributed by atoms with Gasteiger partial charge in [-0.15, -0.1) is 11.8 Å². The van der Waals surface area contributed by atoms with Gasteiger partial charge >= 0.3 is 0 Å². The van der Waals surface area contributed by atoms with Gasteiger partial charge < -0.3 is 5.32 Å². The SMILES string of the molecule is CSc1ccc(S(=O)(=O)N[C@H](C)CCc2ccccc2)cc1NC(=O)C(C)C. The van der Waals surface area contributed by atoms with Crippen LogP contribution in [0.25, 0.3) is 0 Å². The molecule has 152 valence electrons. The second-order valence-electron chi connectivity index (χ2n) is 7.05. The van der Waals surface area contributed by atoms with Crippen molar-refractivity contribution in [3.63, 3.8) is 0 Å². The third-order valence-corrected chi connectivity index (χ3v) is 6.71. The Balaban J connectivity index is 2.12. The van der Waals surface area contributed by atoms with Crippen molar-refractivity contribution in [1.29, 1.82) is 0 Å². The van der Waals surface area contributed by atoms with E-state index in [0.717, 1.165) is 11.3 Å². The monoisotopic (exact) mass is 420 g/mol. The van der Waals surface area contributed by atoms with E-state index in [1.807, 2.05) is 43.5 Å². The number of nitrogens with one attached hydrogen (secondary N) is 2. The lowest BCUT2D eigenvalue weighted by Gasteiger charge is -2.16. The largest absolute Gasteiger partial charge is 0.325 e. The maximum atomic E-state index is 12.8. The molecule has 0 saturated carbocycles. The van der Waals surface area contributed by atoms with E-state index in [1.54, 1.807) is 26.0 Å². The zero-order chi connectivity index (χ0) is 20.7. The predicted molar refractivity (Wildman–Crippen MR) is 116 cm³/mol. The maximum Gasteiger partial charge on any atom is 0.240 e. The van der Waals surface area contributed by atoms with Gasteiger partial charge in [-0.1, -0.05) is 44.2 Å². The summed E-state index contributed by atoms with van der Waals surface area (Å²) in [6, 6.07) is 14.6. The van der Waals surface area contributed by atoms with Crippen molar-refractivity contribution < 1.29 is 13.2 Å². The van der Waals surface area contributed by atoms with E-state index in [-0.39, 0.29) is 22.8 Å². The molecule has 0 saturated heterocycles. The lowest BCUT2D eigenvalue weighted by molar-refractivity contribution is -0.118. The highest BCUT2D eigenvalue weighted by atomic mass is 32.2. The molecule has 7 heteroatoms. The lowest BCUT2D eigenvalue weighted by atomic mass is 10.1. The molecule has 1 amide bonds. The van der Waals surface area contributed by atoms with Crippen LogP contribution in [-0.2, 0) is 21.2 Å². The lowest BCUT2D eigenvalue weighted by Crippen LogP contribution is -2.33. The molecule has 1 atom stereocenters. The first-order valence-corrected chi connectivity index (χ1v) is 12.0. The second kappa shape index (κ2) is 10.1. The molecule has 2 rings (SSSR count). The number of amides is 1. The van der Waals surface area contributed by atoms with Crippen LogP contribution in [-0.4, -0.2) is 26.6 Å². The number of benzene rings is 2. The number of hydrogen-bond acceptors (Lipinski definition) is 4. The molecule has 0 spiro atoms. The Hall–Kier alpha value is -1.83. The van der Waals surface area contributed by atoms with Gasteiger partial charge in [-0.3, -0.25) is 4.79 Å². The van der Waals surface area contributed by atoms with Gasteiger partial charge in [0.1, 0.15) is 0 Å². The molecular formula is C21H28N2O3S2. The zero-order valence-electron chi connectivity index (χ0n) is 16.7. The number of thioether (sulfide) groups is 1. The maximum absolute atomic E-state index is 12.8. The smallest absolute Gasteiger partial charge is 0.240 e. The Morgan fingerprint density at radius 3 is 2.36 bits per heavy atom. The minimum Gasteiger partial charge on any atom is -0.325 e. The van der Waals surface area contributed by atoms with E-state index in [9.17, 15) is 13.2 Å². The molecule has 0 heterocycles. The first-order valence-electron chi connectivity index (χ1n) is 9.28. The van der Waals surface area contributed by atoms with Crippen molar-refractivity contribution in [2.45, 2.75) is 49.4 Å². The number of hydrogen-bond donors (Lipinski definition) is 2. The molecule has 0 aliphatic heterocycles. The summed E-state index contributed by atoms with van der Waals surface area (Å²) in [5.74, 6) is -0.333. The normalized spacial score (nSPS) is 12.8. The number of sulfonamides is 1. The van der Waals surface area contributed by atoms with E-state index >= 15 is 0 Å². The fourth-order valence-corrected chi connectivity index (χ4v) is 4.49. The van der Waals surface area contributed by atoms with Crippen LogP contribution in [0.15, 0.2) is 58.3 Å². The van der Waals surface area contributed by atoms with Crippen LogP contribution >= 0.6 is 11.8 Å². The Bertz CT molecular complexity index is 897. The molecule has 0 fully saturated rings. The predicted octanol–water partition coefficient (Wildman–Crippen LogP) is 4.30. The van der Waals surface area contributed by atoms with E-state index in [1.165, 1.54) is 23.4 Å². The van der Waals surface area contributed by atoms with Crippen LogP contribution < -0.4 is 10.0 Å². The topological polar surface area (TPSA) is 75.3 Å². The average Bonchev–Trinajstić information content (AvgIpc) is 2.66. The minimum absolute atomic E-state index is 0.144. The Morgan fingerprint density at radius 1 is 1.07 bits per heavy atom. The summed E-state index contributed by atoms with van der Waals surface area (Å²) in [4.78, 5) is 13.0. The van der Waals surface area contributed by atoms with Crippen molar-refractivity contribution in [1.82, 2.24) is 4.72 Å². The van der Waals surface area contributed by atoms with E-state index in [4.69, 9.17) is 0 Å². The van der Waals surface area contributed by atoms with Gasteiger partial charge in [-0.25, -0.2) is 13.1 Å². The summed E-state index contributed by atoms with van der Waals surface area (Å²) in [6.45, 7) is 5.45. The van der Waals surface area contributed by atoms with Gasteiger partial charge in [0.25, 0.3) is 0 Å². The molecule has 28 heavy (non-hydrogen) atoms. The average molecular weight is 421 g/mol. The zero-order valence-corrected chi connectivity index (χ0v) is 18.4. The van der Waals surface area contributed by atoms with Crippen LogP contribution in [0.2, 0.25) is 0 Å². The number of aryl methyl sites for hydroxylation is 1. The molecule has 2 aromatic carbocycles. The Kier molecular flexibility index (Phi) is 8.10. The van der Waals surface area contributed by atoms with Crippen LogP contribution in [0.5, 0.6) is 0 Å². The quantitative estimate of drug-likeness (QED) is 0.593. The first-order chi connectivity index (χ1) is 13.2. The summed E-state index contributed by atoms with van der Waals surface area (Å²) in [5.41, 5.74) is 1.70. The van der Waals surface area contributed by atoms with Crippen molar-refractivity contribution in [2.75, 3.05) is 11.6 Å². The van der Waals surface area contributed by atoms with Gasteiger partial charge in [0.15, 0.2) is 0 Å². The van der Waals surface area contributed by atoms with Crippen LogP contribution in [0.1, 0.15) is 32.8 Å². The molecule has 0 unspecified atom stereocenters. The van der Waals surface area contributed by atoms with Crippen LogP contribution in [0.3, 0.4) is 0 Å². The highest BCUT2D eigenvalue weighted by Crippen LogP contribution is 2.28.